The molecule has 0 amide bonds. The van der Waals surface area contributed by atoms with Crippen LogP contribution in [-0.2, 0) is 14.3 Å². The van der Waals surface area contributed by atoms with Crippen molar-refractivity contribution in [3.8, 4) is 6.07 Å². The molecule has 1 heterocycles. The Morgan fingerprint density at radius 3 is 2.80 bits per heavy atom. The Labute approximate surface area is 157 Å². The SMILES string of the molecule is CCOC(=O)C1=C(C)OC(N)=C(C#N)C1c1cccc([N+](=O)[O-])c1I. The number of halogens is 1. The molecule has 0 fully saturated rings. The molecule has 1 aromatic carbocycles. The maximum Gasteiger partial charge on any atom is 0.338 e. The maximum absolute atomic E-state index is 12.4. The van der Waals surface area contributed by atoms with Gasteiger partial charge in [-0.25, -0.2) is 4.79 Å². The summed E-state index contributed by atoms with van der Waals surface area (Å²) in [5.74, 6) is -1.50. The zero-order valence-electron chi connectivity index (χ0n) is 13.4. The van der Waals surface area contributed by atoms with Crippen molar-refractivity contribution in [2.24, 2.45) is 5.73 Å². The van der Waals surface area contributed by atoms with Crippen molar-refractivity contribution in [1.29, 1.82) is 5.26 Å². The lowest BCUT2D eigenvalue weighted by atomic mass is 9.83. The van der Waals surface area contributed by atoms with Crippen LogP contribution in [0.25, 0.3) is 0 Å². The van der Waals surface area contributed by atoms with Gasteiger partial charge in [0.2, 0.25) is 5.88 Å². The number of esters is 1. The predicted octanol–water partition coefficient (Wildman–Crippen LogP) is 2.84. The smallest absolute Gasteiger partial charge is 0.338 e. The number of allylic oxidation sites excluding steroid dienone is 2. The molecule has 0 bridgehead atoms. The average molecular weight is 455 g/mol. The van der Waals surface area contributed by atoms with Crippen LogP contribution in [0.3, 0.4) is 0 Å². The number of nitrogens with two attached hydrogens (primary N) is 1. The fraction of sp³-hybridized carbons (Fsp3) is 0.250. The van der Waals surface area contributed by atoms with Gasteiger partial charge >= 0.3 is 5.97 Å². The molecule has 2 N–H and O–H groups in total. The van der Waals surface area contributed by atoms with Gasteiger partial charge in [-0.2, -0.15) is 5.26 Å². The van der Waals surface area contributed by atoms with Crippen molar-refractivity contribution in [2.75, 3.05) is 6.61 Å². The molecule has 8 nitrogen and oxygen atoms in total. The fourth-order valence-electron chi connectivity index (χ4n) is 2.57. The minimum atomic E-state index is -0.899. The van der Waals surface area contributed by atoms with Crippen LogP contribution in [0.5, 0.6) is 0 Å². The minimum Gasteiger partial charge on any atom is -0.463 e. The summed E-state index contributed by atoms with van der Waals surface area (Å²) in [5, 5.41) is 20.7. The highest BCUT2D eigenvalue weighted by Crippen LogP contribution is 2.42. The average Bonchev–Trinajstić information content (AvgIpc) is 2.54. The first-order valence-electron chi connectivity index (χ1n) is 7.21. The normalized spacial score (nSPS) is 17.0. The molecule has 0 saturated heterocycles. The monoisotopic (exact) mass is 455 g/mol. The summed E-state index contributed by atoms with van der Waals surface area (Å²) in [4.78, 5) is 23.1. The van der Waals surface area contributed by atoms with Gasteiger partial charge in [-0.1, -0.05) is 12.1 Å². The third-order valence-electron chi connectivity index (χ3n) is 3.62. The number of nitro benzene ring substituents is 1. The van der Waals surface area contributed by atoms with Crippen molar-refractivity contribution < 1.29 is 19.2 Å². The molecule has 1 unspecified atom stereocenters. The molecule has 1 atom stereocenters. The van der Waals surface area contributed by atoms with Gasteiger partial charge in [0, 0.05) is 6.07 Å². The summed E-state index contributed by atoms with van der Waals surface area (Å²) in [6, 6.07) is 6.40. The number of hydrogen-bond acceptors (Lipinski definition) is 7. The second-order valence-electron chi connectivity index (χ2n) is 5.05. The quantitative estimate of drug-likeness (QED) is 0.320. The van der Waals surface area contributed by atoms with Crippen molar-refractivity contribution in [1.82, 2.24) is 0 Å². The molecular formula is C16H14IN3O5. The van der Waals surface area contributed by atoms with Crippen molar-refractivity contribution >= 4 is 34.2 Å². The summed E-state index contributed by atoms with van der Waals surface area (Å²) >= 11 is 1.82. The molecule has 1 aliphatic rings. The third-order valence-corrected chi connectivity index (χ3v) is 4.79. The molecule has 130 valence electrons. The zero-order chi connectivity index (χ0) is 18.7. The molecule has 0 aliphatic carbocycles. The fourth-order valence-corrected chi connectivity index (χ4v) is 3.43. The van der Waals surface area contributed by atoms with Crippen LogP contribution in [0.4, 0.5) is 5.69 Å². The van der Waals surface area contributed by atoms with E-state index in [9.17, 15) is 20.2 Å². The van der Waals surface area contributed by atoms with Gasteiger partial charge in [0.1, 0.15) is 17.4 Å². The van der Waals surface area contributed by atoms with E-state index in [1.165, 1.54) is 19.1 Å². The van der Waals surface area contributed by atoms with Crippen LogP contribution >= 0.6 is 22.6 Å². The van der Waals surface area contributed by atoms with E-state index in [2.05, 4.69) is 0 Å². The molecule has 1 aromatic rings. The van der Waals surface area contributed by atoms with Crippen LogP contribution in [0, 0.1) is 25.0 Å². The second-order valence-corrected chi connectivity index (χ2v) is 6.13. The highest BCUT2D eigenvalue weighted by Gasteiger charge is 2.38. The molecule has 0 saturated carbocycles. The van der Waals surface area contributed by atoms with E-state index in [-0.39, 0.29) is 35.1 Å². The lowest BCUT2D eigenvalue weighted by Crippen LogP contribution is -2.26. The Balaban J connectivity index is 2.74. The lowest BCUT2D eigenvalue weighted by molar-refractivity contribution is -0.385. The van der Waals surface area contributed by atoms with Crippen LogP contribution < -0.4 is 5.73 Å². The first-order chi connectivity index (χ1) is 11.8. The van der Waals surface area contributed by atoms with Gasteiger partial charge < -0.3 is 15.2 Å². The standard InChI is InChI=1S/C16H14IN3O5/c1-3-24-16(21)12-8(2)25-15(19)10(7-18)13(12)9-5-4-6-11(14(9)17)20(22)23/h4-6,13H,3,19H2,1-2H3. The Morgan fingerprint density at radius 1 is 1.56 bits per heavy atom. The Hall–Kier alpha value is -2.61. The van der Waals surface area contributed by atoms with Crippen LogP contribution in [0.15, 0.2) is 41.0 Å². The summed E-state index contributed by atoms with van der Waals surface area (Å²) in [6.07, 6.45) is 0. The van der Waals surface area contributed by atoms with E-state index in [0.29, 0.717) is 9.13 Å². The summed E-state index contributed by atoms with van der Waals surface area (Å²) in [5.41, 5.74) is 6.21. The Morgan fingerprint density at radius 2 is 2.24 bits per heavy atom. The lowest BCUT2D eigenvalue weighted by Gasteiger charge is -2.27. The van der Waals surface area contributed by atoms with Crippen LogP contribution in [-0.4, -0.2) is 17.5 Å². The van der Waals surface area contributed by atoms with Crippen LogP contribution in [0.1, 0.15) is 25.3 Å². The van der Waals surface area contributed by atoms with Crippen LogP contribution in [0.2, 0.25) is 0 Å². The predicted molar refractivity (Wildman–Crippen MR) is 95.8 cm³/mol. The number of carbonyl (C=O) groups is 1. The number of nitriles is 1. The molecule has 9 heteroatoms. The maximum atomic E-state index is 12.4. The zero-order valence-corrected chi connectivity index (χ0v) is 15.6. The van der Waals surface area contributed by atoms with Gasteiger partial charge in [0.05, 0.1) is 26.6 Å². The number of benzene rings is 1. The molecule has 0 radical (unpaired) electrons. The first-order valence-corrected chi connectivity index (χ1v) is 8.29. The third kappa shape index (κ3) is 3.43. The summed E-state index contributed by atoms with van der Waals surface area (Å²) in [7, 11) is 0. The Kier molecular flexibility index (Phi) is 5.63. The summed E-state index contributed by atoms with van der Waals surface area (Å²) < 4.78 is 10.7. The number of rotatable bonds is 4. The van der Waals surface area contributed by atoms with E-state index in [1.807, 2.05) is 28.7 Å². The van der Waals surface area contributed by atoms with E-state index in [0.717, 1.165) is 0 Å². The molecule has 0 spiro atoms. The molecule has 0 aromatic heterocycles. The molecule has 25 heavy (non-hydrogen) atoms. The van der Waals surface area contributed by atoms with E-state index in [1.54, 1.807) is 13.0 Å². The number of ether oxygens (including phenoxy) is 2. The topological polar surface area (TPSA) is 128 Å². The summed E-state index contributed by atoms with van der Waals surface area (Å²) in [6.45, 7) is 3.32. The number of nitrogens with zero attached hydrogens (tertiary/aromatic N) is 2. The van der Waals surface area contributed by atoms with Crippen molar-refractivity contribution in [3.05, 3.63) is 60.2 Å². The molecule has 1 aliphatic heterocycles. The highest BCUT2D eigenvalue weighted by atomic mass is 127. The minimum absolute atomic E-state index is 0.00654. The van der Waals surface area contributed by atoms with E-state index in [4.69, 9.17) is 15.2 Å². The van der Waals surface area contributed by atoms with Crippen molar-refractivity contribution in [2.45, 2.75) is 19.8 Å². The van der Waals surface area contributed by atoms with Gasteiger partial charge in [0.15, 0.2) is 0 Å². The first kappa shape index (κ1) is 18.7. The largest absolute Gasteiger partial charge is 0.463 e. The van der Waals surface area contributed by atoms with Crippen molar-refractivity contribution in [3.63, 3.8) is 0 Å². The number of nitro groups is 1. The molecular weight excluding hydrogens is 441 g/mol. The number of carbonyl (C=O) groups excluding carboxylic acids is 1. The van der Waals surface area contributed by atoms with Gasteiger partial charge in [-0.15, -0.1) is 0 Å². The van der Waals surface area contributed by atoms with Gasteiger partial charge in [-0.3, -0.25) is 10.1 Å². The molecule has 2 rings (SSSR count). The van der Waals surface area contributed by atoms with Gasteiger partial charge in [0.25, 0.3) is 5.69 Å². The van der Waals surface area contributed by atoms with Gasteiger partial charge in [-0.05, 0) is 42.0 Å². The van der Waals surface area contributed by atoms with E-state index >= 15 is 0 Å². The highest BCUT2D eigenvalue weighted by molar-refractivity contribution is 14.1. The van der Waals surface area contributed by atoms with E-state index < -0.39 is 16.8 Å². The Bertz CT molecular complexity index is 854. The second kappa shape index (κ2) is 7.52. The number of hydrogen-bond donors (Lipinski definition) is 1.